The molecule has 0 fully saturated rings. The highest BCUT2D eigenvalue weighted by Crippen LogP contribution is 2.20. The molecule has 5 heteroatoms. The molecule has 76 valence electrons. The van der Waals surface area contributed by atoms with E-state index in [1.165, 1.54) is 0 Å². The first-order valence-electron chi connectivity index (χ1n) is 4.74. The molecule has 2 heterocycles. The quantitative estimate of drug-likeness (QED) is 0.634. The molecule has 1 aliphatic rings. The standard InChI is InChI=1S/C9H14N4O/c1-2-4-13-5-3-6-7(13)11-9(10)12-8(6)14/h3,5,9,11H,2,4,10H2,1H3,(H,12,14). The fourth-order valence-corrected chi connectivity index (χ4v) is 1.65. The Bertz CT molecular complexity index is 358. The molecule has 0 saturated heterocycles. The number of hydrogen-bond acceptors (Lipinski definition) is 3. The summed E-state index contributed by atoms with van der Waals surface area (Å²) in [6.07, 6.45) is 2.44. The Balaban J connectivity index is 2.36. The lowest BCUT2D eigenvalue weighted by Crippen LogP contribution is -2.51. The van der Waals surface area contributed by atoms with Crippen molar-refractivity contribution in [3.05, 3.63) is 17.8 Å². The average Bonchev–Trinajstić information content (AvgIpc) is 2.49. The van der Waals surface area contributed by atoms with Crippen molar-refractivity contribution in [2.45, 2.75) is 26.2 Å². The molecule has 0 aliphatic carbocycles. The van der Waals surface area contributed by atoms with Crippen LogP contribution in [-0.2, 0) is 6.54 Å². The number of carbonyl (C=O) groups excluding carboxylic acids is 1. The zero-order chi connectivity index (χ0) is 10.1. The van der Waals surface area contributed by atoms with Gasteiger partial charge in [-0.1, -0.05) is 6.92 Å². The smallest absolute Gasteiger partial charge is 0.257 e. The molecule has 0 saturated carbocycles. The highest BCUT2D eigenvalue weighted by atomic mass is 16.2. The largest absolute Gasteiger partial charge is 0.339 e. The molecule has 4 N–H and O–H groups in total. The number of nitrogens with one attached hydrogen (secondary N) is 2. The van der Waals surface area contributed by atoms with Gasteiger partial charge < -0.3 is 15.2 Å². The molecule has 0 bridgehead atoms. The predicted molar refractivity (Wildman–Crippen MR) is 53.8 cm³/mol. The second-order valence-corrected chi connectivity index (χ2v) is 3.37. The minimum atomic E-state index is -0.486. The van der Waals surface area contributed by atoms with E-state index in [1.807, 2.05) is 10.8 Å². The van der Waals surface area contributed by atoms with Gasteiger partial charge in [-0.15, -0.1) is 0 Å². The Hall–Kier alpha value is -1.49. The van der Waals surface area contributed by atoms with Crippen LogP contribution in [0.25, 0.3) is 0 Å². The first kappa shape index (κ1) is 9.08. The maximum absolute atomic E-state index is 11.5. The minimum absolute atomic E-state index is 0.110. The number of aryl methyl sites for hydroxylation is 1. The van der Waals surface area contributed by atoms with Crippen LogP contribution in [0, 0.1) is 0 Å². The third-order valence-corrected chi connectivity index (χ3v) is 2.25. The van der Waals surface area contributed by atoms with E-state index in [0.29, 0.717) is 5.56 Å². The Kier molecular flexibility index (Phi) is 2.17. The SMILES string of the molecule is CCCn1ccc2c1NC(N)NC2=O. The van der Waals surface area contributed by atoms with Gasteiger partial charge in [-0.2, -0.15) is 0 Å². The van der Waals surface area contributed by atoms with E-state index in [0.717, 1.165) is 18.8 Å². The van der Waals surface area contributed by atoms with Crippen LogP contribution in [0.4, 0.5) is 5.82 Å². The fourth-order valence-electron chi connectivity index (χ4n) is 1.65. The number of rotatable bonds is 2. The van der Waals surface area contributed by atoms with Crippen molar-refractivity contribution in [2.75, 3.05) is 5.32 Å². The van der Waals surface area contributed by atoms with Gasteiger partial charge in [0.25, 0.3) is 5.91 Å². The molecular weight excluding hydrogens is 180 g/mol. The molecule has 1 aromatic heterocycles. The number of fused-ring (bicyclic) bond motifs is 1. The normalized spacial score (nSPS) is 19.9. The Morgan fingerprint density at radius 2 is 2.36 bits per heavy atom. The van der Waals surface area contributed by atoms with E-state index in [2.05, 4.69) is 17.6 Å². The van der Waals surface area contributed by atoms with Crippen molar-refractivity contribution in [2.24, 2.45) is 5.73 Å². The Labute approximate surface area is 82.3 Å². The van der Waals surface area contributed by atoms with Crippen molar-refractivity contribution in [3.8, 4) is 0 Å². The number of nitrogens with zero attached hydrogens (tertiary/aromatic N) is 1. The number of carbonyl (C=O) groups is 1. The second-order valence-electron chi connectivity index (χ2n) is 3.37. The third kappa shape index (κ3) is 1.35. The number of amides is 1. The summed E-state index contributed by atoms with van der Waals surface area (Å²) in [6, 6.07) is 1.80. The van der Waals surface area contributed by atoms with Crippen LogP contribution in [0.2, 0.25) is 0 Å². The second kappa shape index (κ2) is 3.34. The molecule has 1 aromatic rings. The summed E-state index contributed by atoms with van der Waals surface area (Å²) in [6.45, 7) is 2.98. The minimum Gasteiger partial charge on any atom is -0.339 e. The van der Waals surface area contributed by atoms with Gasteiger partial charge >= 0.3 is 0 Å². The van der Waals surface area contributed by atoms with E-state index < -0.39 is 6.29 Å². The molecule has 0 aromatic carbocycles. The maximum Gasteiger partial charge on any atom is 0.257 e. The molecule has 0 radical (unpaired) electrons. The monoisotopic (exact) mass is 194 g/mol. The predicted octanol–water partition coefficient (Wildman–Crippen LogP) is 0.296. The molecule has 1 unspecified atom stereocenters. The van der Waals surface area contributed by atoms with Crippen LogP contribution >= 0.6 is 0 Å². The molecular formula is C9H14N4O. The van der Waals surface area contributed by atoms with Gasteiger partial charge in [0.15, 0.2) is 6.29 Å². The van der Waals surface area contributed by atoms with Crippen LogP contribution in [-0.4, -0.2) is 16.8 Å². The zero-order valence-electron chi connectivity index (χ0n) is 8.08. The summed E-state index contributed by atoms with van der Waals surface area (Å²) in [5.41, 5.74) is 6.27. The number of hydrogen-bond donors (Lipinski definition) is 3. The lowest BCUT2D eigenvalue weighted by atomic mass is 10.2. The first-order valence-corrected chi connectivity index (χ1v) is 4.74. The van der Waals surface area contributed by atoms with Crippen molar-refractivity contribution in [1.29, 1.82) is 0 Å². The van der Waals surface area contributed by atoms with Crippen LogP contribution in [0.15, 0.2) is 12.3 Å². The molecule has 0 spiro atoms. The number of anilines is 1. The van der Waals surface area contributed by atoms with Gasteiger partial charge in [-0.3, -0.25) is 10.5 Å². The first-order chi connectivity index (χ1) is 6.72. The fraction of sp³-hybridized carbons (Fsp3) is 0.444. The van der Waals surface area contributed by atoms with Crippen LogP contribution in [0.5, 0.6) is 0 Å². The van der Waals surface area contributed by atoms with Crippen molar-refractivity contribution in [1.82, 2.24) is 9.88 Å². The van der Waals surface area contributed by atoms with Gasteiger partial charge in [0.1, 0.15) is 5.82 Å². The molecule has 1 amide bonds. The van der Waals surface area contributed by atoms with Crippen molar-refractivity contribution in [3.63, 3.8) is 0 Å². The van der Waals surface area contributed by atoms with E-state index in [9.17, 15) is 4.79 Å². The summed E-state index contributed by atoms with van der Waals surface area (Å²) < 4.78 is 2.01. The molecule has 5 nitrogen and oxygen atoms in total. The average molecular weight is 194 g/mol. The van der Waals surface area contributed by atoms with E-state index >= 15 is 0 Å². The van der Waals surface area contributed by atoms with Crippen molar-refractivity contribution >= 4 is 11.7 Å². The topological polar surface area (TPSA) is 72.1 Å². The Morgan fingerprint density at radius 3 is 3.07 bits per heavy atom. The summed E-state index contributed by atoms with van der Waals surface area (Å²) >= 11 is 0. The molecule has 2 rings (SSSR count). The maximum atomic E-state index is 11.5. The van der Waals surface area contributed by atoms with Gasteiger partial charge in [0.2, 0.25) is 0 Å². The lowest BCUT2D eigenvalue weighted by molar-refractivity contribution is 0.0937. The zero-order valence-corrected chi connectivity index (χ0v) is 8.08. The summed E-state index contributed by atoms with van der Waals surface area (Å²) in [5, 5.41) is 5.64. The molecule has 1 aliphatic heterocycles. The van der Waals surface area contributed by atoms with Gasteiger partial charge in [-0.25, -0.2) is 0 Å². The Morgan fingerprint density at radius 1 is 1.57 bits per heavy atom. The number of aromatic nitrogens is 1. The van der Waals surface area contributed by atoms with E-state index in [4.69, 9.17) is 5.73 Å². The highest BCUT2D eigenvalue weighted by Gasteiger charge is 2.23. The third-order valence-electron chi connectivity index (χ3n) is 2.25. The molecule has 1 atom stereocenters. The summed E-state index contributed by atoms with van der Waals surface area (Å²) in [7, 11) is 0. The van der Waals surface area contributed by atoms with Crippen LogP contribution < -0.4 is 16.4 Å². The van der Waals surface area contributed by atoms with Crippen molar-refractivity contribution < 1.29 is 4.79 Å². The van der Waals surface area contributed by atoms with Crippen LogP contribution in [0.1, 0.15) is 23.7 Å². The van der Waals surface area contributed by atoms with Crippen LogP contribution in [0.3, 0.4) is 0 Å². The number of nitrogens with two attached hydrogens (primary N) is 1. The molecule has 14 heavy (non-hydrogen) atoms. The van der Waals surface area contributed by atoms with E-state index in [1.54, 1.807) is 6.07 Å². The summed E-state index contributed by atoms with van der Waals surface area (Å²) in [5.74, 6) is 0.712. The lowest BCUT2D eigenvalue weighted by Gasteiger charge is -2.24. The van der Waals surface area contributed by atoms with Gasteiger partial charge in [0, 0.05) is 12.7 Å². The van der Waals surface area contributed by atoms with Gasteiger partial charge in [-0.05, 0) is 12.5 Å². The van der Waals surface area contributed by atoms with E-state index in [-0.39, 0.29) is 5.91 Å². The van der Waals surface area contributed by atoms with Gasteiger partial charge in [0.05, 0.1) is 5.56 Å². The summed E-state index contributed by atoms with van der Waals surface area (Å²) in [4.78, 5) is 11.5. The highest BCUT2D eigenvalue weighted by molar-refractivity contribution is 6.01.